The van der Waals surface area contributed by atoms with Crippen molar-refractivity contribution in [2.45, 2.75) is 65.0 Å². The molecule has 0 bridgehead atoms. The van der Waals surface area contributed by atoms with Crippen LogP contribution in [0.25, 0.3) is 10.9 Å². The Morgan fingerprint density at radius 2 is 1.94 bits per heavy atom. The average molecular weight is 436 g/mol. The Bertz CT molecular complexity index is 1100. The lowest BCUT2D eigenvalue weighted by Gasteiger charge is -2.32. The molecule has 0 aliphatic carbocycles. The maximum Gasteiger partial charge on any atom is 0.256 e. The lowest BCUT2D eigenvalue weighted by Crippen LogP contribution is -2.38. The fraction of sp³-hybridized carbons (Fsp3) is 0.444. The largest absolute Gasteiger partial charge is 0.346 e. The van der Waals surface area contributed by atoms with Gasteiger partial charge in [-0.15, -0.1) is 0 Å². The maximum atomic E-state index is 14.4. The van der Waals surface area contributed by atoms with Gasteiger partial charge in [0.05, 0.1) is 11.1 Å². The van der Waals surface area contributed by atoms with Crippen LogP contribution in [0.2, 0.25) is 0 Å². The zero-order valence-electron chi connectivity index (χ0n) is 19.2. The molecule has 1 amide bonds. The minimum Gasteiger partial charge on any atom is -0.346 e. The van der Waals surface area contributed by atoms with Gasteiger partial charge in [0.2, 0.25) is 0 Å². The first kappa shape index (κ1) is 22.5. The molecule has 0 radical (unpaired) electrons. The second-order valence-electron chi connectivity index (χ2n) is 9.04. The van der Waals surface area contributed by atoms with Gasteiger partial charge in [-0.3, -0.25) is 4.79 Å². The molecule has 4 nitrogen and oxygen atoms in total. The van der Waals surface area contributed by atoms with Gasteiger partial charge in [0, 0.05) is 37.8 Å². The van der Waals surface area contributed by atoms with E-state index in [1.165, 1.54) is 30.0 Å². The molecule has 170 valence electrons. The van der Waals surface area contributed by atoms with Crippen LogP contribution in [0, 0.1) is 12.7 Å². The highest BCUT2D eigenvalue weighted by molar-refractivity contribution is 6.07. The van der Waals surface area contributed by atoms with E-state index in [1.807, 2.05) is 23.2 Å². The summed E-state index contributed by atoms with van der Waals surface area (Å²) in [4.78, 5) is 15.4. The summed E-state index contributed by atoms with van der Waals surface area (Å²) in [6, 6.07) is 11.4. The summed E-state index contributed by atoms with van der Waals surface area (Å²) in [6.45, 7) is 6.94. The second kappa shape index (κ2) is 9.86. The van der Waals surface area contributed by atoms with Gasteiger partial charge in [0.25, 0.3) is 5.91 Å². The van der Waals surface area contributed by atoms with Gasteiger partial charge in [-0.1, -0.05) is 50.1 Å². The molecule has 1 aromatic heterocycles. The van der Waals surface area contributed by atoms with Gasteiger partial charge in [-0.05, 0) is 54.9 Å². The first-order valence-electron chi connectivity index (χ1n) is 11.9. The topological polar surface area (TPSA) is 51.3 Å². The van der Waals surface area contributed by atoms with Crippen molar-refractivity contribution in [1.29, 1.82) is 0 Å². The third-order valence-corrected chi connectivity index (χ3v) is 6.85. The predicted molar refractivity (Wildman–Crippen MR) is 128 cm³/mol. The number of aromatic nitrogens is 1. The summed E-state index contributed by atoms with van der Waals surface area (Å²) in [6.07, 6.45) is 7.06. The summed E-state index contributed by atoms with van der Waals surface area (Å²) < 4.78 is 16.7. The van der Waals surface area contributed by atoms with Crippen LogP contribution < -0.4 is 5.73 Å². The predicted octanol–water partition coefficient (Wildman–Crippen LogP) is 5.76. The molecule has 2 aromatic carbocycles. The van der Waals surface area contributed by atoms with Gasteiger partial charge < -0.3 is 15.2 Å². The molecule has 2 N–H and O–H groups in total. The van der Waals surface area contributed by atoms with E-state index in [0.29, 0.717) is 19.6 Å². The van der Waals surface area contributed by atoms with Gasteiger partial charge in [-0.25, -0.2) is 4.39 Å². The third-order valence-electron chi connectivity index (χ3n) is 6.85. The second-order valence-corrected chi connectivity index (χ2v) is 9.04. The highest BCUT2D eigenvalue weighted by Gasteiger charge is 2.28. The van der Waals surface area contributed by atoms with E-state index in [-0.39, 0.29) is 17.6 Å². The van der Waals surface area contributed by atoms with Crippen LogP contribution in [-0.2, 0) is 13.1 Å². The summed E-state index contributed by atoms with van der Waals surface area (Å²) in [5.74, 6) is 0.0465. The lowest BCUT2D eigenvalue weighted by molar-refractivity contribution is 0.0714. The molecule has 0 atom stereocenters. The van der Waals surface area contributed by atoms with Crippen molar-refractivity contribution in [1.82, 2.24) is 9.47 Å². The maximum absolute atomic E-state index is 14.4. The Kier molecular flexibility index (Phi) is 6.95. The molecule has 32 heavy (non-hydrogen) atoms. The fourth-order valence-electron chi connectivity index (χ4n) is 5.02. The van der Waals surface area contributed by atoms with Crippen molar-refractivity contribution in [2.75, 3.05) is 13.1 Å². The minimum atomic E-state index is -0.169. The monoisotopic (exact) mass is 435 g/mol. The van der Waals surface area contributed by atoms with Gasteiger partial charge in [0.15, 0.2) is 0 Å². The number of halogens is 1. The molecular weight excluding hydrogens is 401 g/mol. The Balaban J connectivity index is 1.53. The molecule has 2 heterocycles. The lowest BCUT2D eigenvalue weighted by atomic mass is 9.88. The summed E-state index contributed by atoms with van der Waals surface area (Å²) in [5, 5.41) is 1.04. The van der Waals surface area contributed by atoms with Crippen LogP contribution in [0.3, 0.4) is 0 Å². The van der Waals surface area contributed by atoms with E-state index in [2.05, 4.69) is 30.5 Å². The van der Waals surface area contributed by atoms with Crippen molar-refractivity contribution in [3.8, 4) is 0 Å². The smallest absolute Gasteiger partial charge is 0.256 e. The molecule has 5 heteroatoms. The van der Waals surface area contributed by atoms with Gasteiger partial charge >= 0.3 is 0 Å². The summed E-state index contributed by atoms with van der Waals surface area (Å²) >= 11 is 0. The number of piperidine rings is 1. The van der Waals surface area contributed by atoms with E-state index in [9.17, 15) is 9.18 Å². The first-order chi connectivity index (χ1) is 15.5. The highest BCUT2D eigenvalue weighted by atomic mass is 19.1. The first-order valence-corrected chi connectivity index (χ1v) is 11.9. The number of hydrogen-bond acceptors (Lipinski definition) is 2. The van der Waals surface area contributed by atoms with Crippen LogP contribution in [0.15, 0.2) is 42.6 Å². The number of rotatable bonds is 7. The summed E-state index contributed by atoms with van der Waals surface area (Å²) in [7, 11) is 0. The Morgan fingerprint density at radius 3 is 2.66 bits per heavy atom. The Hall–Kier alpha value is -2.66. The number of nitrogens with two attached hydrogens (primary N) is 1. The third kappa shape index (κ3) is 4.44. The number of amides is 1. The number of hydrogen-bond donors (Lipinski definition) is 1. The number of unbranched alkanes of at least 4 members (excludes halogenated alkanes) is 2. The van der Waals surface area contributed by atoms with E-state index < -0.39 is 0 Å². The van der Waals surface area contributed by atoms with Crippen molar-refractivity contribution in [3.05, 3.63) is 70.7 Å². The van der Waals surface area contributed by atoms with Crippen molar-refractivity contribution in [3.63, 3.8) is 0 Å². The SMILES string of the molecule is CCCCCn1cc(C(=O)N2CCC(c3cc(CN)ccc3F)CC2)c2cccc(C)c21. The van der Waals surface area contributed by atoms with E-state index in [1.54, 1.807) is 6.07 Å². The molecule has 1 aliphatic rings. The van der Waals surface area contributed by atoms with E-state index in [0.717, 1.165) is 47.9 Å². The number of aryl methyl sites for hydroxylation is 2. The normalized spacial score (nSPS) is 14.9. The molecule has 3 aromatic rings. The van der Waals surface area contributed by atoms with Gasteiger partial charge in [-0.2, -0.15) is 0 Å². The number of benzene rings is 2. The fourth-order valence-corrected chi connectivity index (χ4v) is 5.02. The molecule has 4 rings (SSSR count). The molecule has 1 saturated heterocycles. The number of fused-ring (bicyclic) bond motifs is 1. The standard InChI is InChI=1S/C27H34FN3O/c1-3-4-5-13-31-18-24(22-8-6-7-19(2)26(22)31)27(32)30-14-11-21(12-15-30)23-16-20(17-29)9-10-25(23)28/h6-10,16,18,21H,3-5,11-15,17,29H2,1-2H3. The zero-order chi connectivity index (χ0) is 22.7. The van der Waals surface area contributed by atoms with Crippen molar-refractivity contribution < 1.29 is 9.18 Å². The van der Waals surface area contributed by atoms with E-state index in [4.69, 9.17) is 5.73 Å². The van der Waals surface area contributed by atoms with Gasteiger partial charge in [0.1, 0.15) is 5.82 Å². The van der Waals surface area contributed by atoms with Crippen LogP contribution in [-0.4, -0.2) is 28.5 Å². The van der Waals surface area contributed by atoms with E-state index >= 15 is 0 Å². The number of likely N-dealkylation sites (tertiary alicyclic amines) is 1. The molecule has 0 unspecified atom stereocenters. The number of carbonyl (C=O) groups excluding carboxylic acids is 1. The molecule has 1 aliphatic heterocycles. The quantitative estimate of drug-likeness (QED) is 0.480. The molecule has 1 fully saturated rings. The Morgan fingerprint density at radius 1 is 1.16 bits per heavy atom. The molecule has 0 saturated carbocycles. The summed E-state index contributed by atoms with van der Waals surface area (Å²) in [5.41, 5.74) is 10.6. The number of nitrogens with zero attached hydrogens (tertiary/aromatic N) is 2. The van der Waals surface area contributed by atoms with Crippen LogP contribution in [0.4, 0.5) is 4.39 Å². The van der Waals surface area contributed by atoms with Crippen molar-refractivity contribution >= 4 is 16.8 Å². The Labute approximate surface area is 190 Å². The van der Waals surface area contributed by atoms with Crippen LogP contribution >= 0.6 is 0 Å². The van der Waals surface area contributed by atoms with Crippen LogP contribution in [0.5, 0.6) is 0 Å². The molecular formula is C27H34FN3O. The number of carbonyl (C=O) groups is 1. The zero-order valence-corrected chi connectivity index (χ0v) is 19.2. The molecule has 0 spiro atoms. The van der Waals surface area contributed by atoms with Crippen LogP contribution in [0.1, 0.15) is 72.0 Å². The highest BCUT2D eigenvalue weighted by Crippen LogP contribution is 2.32. The average Bonchev–Trinajstić information content (AvgIpc) is 3.19. The van der Waals surface area contributed by atoms with Crippen molar-refractivity contribution in [2.24, 2.45) is 5.73 Å². The minimum absolute atomic E-state index is 0.0875. The number of para-hydroxylation sites is 1.